The van der Waals surface area contributed by atoms with Crippen molar-refractivity contribution in [2.24, 2.45) is 12.1 Å². The minimum atomic E-state index is -0.789. The summed E-state index contributed by atoms with van der Waals surface area (Å²) >= 11 is 0. The predicted octanol–water partition coefficient (Wildman–Crippen LogP) is 0.930. The van der Waals surface area contributed by atoms with Gasteiger partial charge in [0.15, 0.2) is 6.04 Å². The number of hydrogen-bond donors (Lipinski definition) is 1. The number of benzene rings is 1. The number of nitrogens with zero attached hydrogens (tertiary/aromatic N) is 5. The van der Waals surface area contributed by atoms with Gasteiger partial charge in [-0.25, -0.2) is 9.59 Å². The Balaban J connectivity index is 1.98. The maximum absolute atomic E-state index is 12.7. The van der Waals surface area contributed by atoms with Gasteiger partial charge in [0, 0.05) is 13.3 Å². The molecular weight excluding hydrogens is 360 g/mol. The molecule has 0 saturated heterocycles. The molecule has 2 heterocycles. The third kappa shape index (κ3) is 2.73. The Morgan fingerprint density at radius 2 is 2.11 bits per heavy atom. The molecule has 1 saturated carbocycles. The van der Waals surface area contributed by atoms with Crippen LogP contribution in [0, 0.1) is 6.92 Å². The van der Waals surface area contributed by atoms with E-state index in [0.29, 0.717) is 11.6 Å². The molecule has 2 atom stereocenters. The van der Waals surface area contributed by atoms with Crippen LogP contribution in [0.25, 0.3) is 5.69 Å². The SMILES string of the molecule is CCOC(=O)C1NN=CC1(C)c1c(-n2nnn(C)c2=O)ccc(C)c1C1CC1. The molecule has 2 aliphatic rings. The number of tetrazole rings is 1. The summed E-state index contributed by atoms with van der Waals surface area (Å²) in [6.07, 6.45) is 3.90. The number of aromatic nitrogens is 4. The van der Waals surface area contributed by atoms with Crippen LogP contribution < -0.4 is 11.1 Å². The Morgan fingerprint density at radius 3 is 2.71 bits per heavy atom. The molecule has 9 nitrogen and oxygen atoms in total. The maximum atomic E-state index is 12.7. The fraction of sp³-hybridized carbons (Fsp3) is 0.526. The third-order valence-corrected chi connectivity index (χ3v) is 5.57. The highest BCUT2D eigenvalue weighted by atomic mass is 16.5. The van der Waals surface area contributed by atoms with Crippen LogP contribution in [-0.4, -0.2) is 44.6 Å². The van der Waals surface area contributed by atoms with Gasteiger partial charge < -0.3 is 4.74 Å². The maximum Gasteiger partial charge on any atom is 0.368 e. The van der Waals surface area contributed by atoms with Crippen molar-refractivity contribution in [3.05, 3.63) is 39.3 Å². The summed E-state index contributed by atoms with van der Waals surface area (Å²) in [6, 6.07) is 3.18. The van der Waals surface area contributed by atoms with Gasteiger partial charge in [-0.05, 0) is 72.7 Å². The first-order valence-electron chi connectivity index (χ1n) is 9.48. The average Bonchev–Trinajstić information content (AvgIpc) is 3.35. The van der Waals surface area contributed by atoms with E-state index in [-0.39, 0.29) is 18.3 Å². The summed E-state index contributed by atoms with van der Waals surface area (Å²) in [6.45, 7) is 6.07. The van der Waals surface area contributed by atoms with Crippen LogP contribution in [-0.2, 0) is 22.0 Å². The second kappa shape index (κ2) is 6.57. The minimum Gasteiger partial charge on any atom is -0.464 e. The van der Waals surface area contributed by atoms with E-state index in [0.717, 1.165) is 29.5 Å². The highest BCUT2D eigenvalue weighted by Crippen LogP contribution is 2.48. The van der Waals surface area contributed by atoms with Crippen molar-refractivity contribution >= 4 is 12.2 Å². The van der Waals surface area contributed by atoms with Gasteiger partial charge in [0.2, 0.25) is 0 Å². The van der Waals surface area contributed by atoms with Crippen molar-refractivity contribution in [1.29, 1.82) is 0 Å². The van der Waals surface area contributed by atoms with E-state index in [1.54, 1.807) is 20.2 Å². The van der Waals surface area contributed by atoms with Crippen molar-refractivity contribution in [3.63, 3.8) is 0 Å². The Labute approximate surface area is 162 Å². The highest BCUT2D eigenvalue weighted by Gasteiger charge is 2.48. The number of aryl methyl sites for hydroxylation is 2. The predicted molar refractivity (Wildman–Crippen MR) is 103 cm³/mol. The fourth-order valence-electron chi connectivity index (χ4n) is 4.00. The van der Waals surface area contributed by atoms with Crippen LogP contribution in [0.1, 0.15) is 49.3 Å². The van der Waals surface area contributed by atoms with E-state index in [4.69, 9.17) is 4.74 Å². The molecule has 4 rings (SSSR count). The molecule has 2 unspecified atom stereocenters. The van der Waals surface area contributed by atoms with Crippen molar-refractivity contribution in [1.82, 2.24) is 25.2 Å². The molecule has 0 radical (unpaired) electrons. The van der Waals surface area contributed by atoms with E-state index in [2.05, 4.69) is 27.9 Å². The lowest BCUT2D eigenvalue weighted by Crippen LogP contribution is -2.48. The summed E-state index contributed by atoms with van der Waals surface area (Å²) < 4.78 is 7.76. The zero-order chi connectivity index (χ0) is 20.1. The van der Waals surface area contributed by atoms with E-state index in [1.807, 2.05) is 19.1 Å². The number of rotatable bonds is 5. The van der Waals surface area contributed by atoms with Gasteiger partial charge in [-0.3, -0.25) is 5.43 Å². The summed E-state index contributed by atoms with van der Waals surface area (Å²) in [5.74, 6) is 0.0270. The zero-order valence-corrected chi connectivity index (χ0v) is 16.5. The summed E-state index contributed by atoms with van der Waals surface area (Å²) in [4.78, 5) is 25.3. The summed E-state index contributed by atoms with van der Waals surface area (Å²) in [7, 11) is 1.56. The second-order valence-electron chi connectivity index (χ2n) is 7.62. The lowest BCUT2D eigenvalue weighted by Gasteiger charge is -2.32. The van der Waals surface area contributed by atoms with Gasteiger partial charge in [-0.1, -0.05) is 6.07 Å². The third-order valence-electron chi connectivity index (χ3n) is 5.57. The Hall–Kier alpha value is -2.97. The number of hydrogen-bond acceptors (Lipinski definition) is 7. The molecule has 0 spiro atoms. The number of carbonyl (C=O) groups excluding carboxylic acids is 1. The van der Waals surface area contributed by atoms with Gasteiger partial charge in [-0.15, -0.1) is 0 Å². The summed E-state index contributed by atoms with van der Waals surface area (Å²) in [5.41, 5.74) is 5.55. The fourth-order valence-corrected chi connectivity index (χ4v) is 4.00. The largest absolute Gasteiger partial charge is 0.464 e. The van der Waals surface area contributed by atoms with E-state index in [9.17, 15) is 9.59 Å². The first-order chi connectivity index (χ1) is 13.4. The molecule has 9 heteroatoms. The lowest BCUT2D eigenvalue weighted by atomic mass is 9.73. The number of esters is 1. The van der Waals surface area contributed by atoms with Crippen molar-refractivity contribution in [2.75, 3.05) is 6.61 Å². The normalized spacial score (nSPS) is 23.6. The summed E-state index contributed by atoms with van der Waals surface area (Å²) in [5, 5.41) is 12.1. The van der Waals surface area contributed by atoms with Crippen molar-refractivity contribution in [3.8, 4) is 5.69 Å². The smallest absolute Gasteiger partial charge is 0.368 e. The molecule has 28 heavy (non-hydrogen) atoms. The molecule has 0 bridgehead atoms. The van der Waals surface area contributed by atoms with E-state index in [1.165, 1.54) is 9.36 Å². The standard InChI is InChI=1S/C19H24N6O3/c1-5-28-17(26)16-19(3,10-20-21-16)15-13(25-18(27)24(4)22-23-25)9-6-11(2)14(15)12-7-8-12/h6,9-10,12,16,21H,5,7-8H2,1-4H3. The van der Waals surface area contributed by atoms with Crippen molar-refractivity contribution < 1.29 is 9.53 Å². The number of carbonyl (C=O) groups is 1. The molecule has 1 aliphatic heterocycles. The highest BCUT2D eigenvalue weighted by molar-refractivity contribution is 5.91. The lowest BCUT2D eigenvalue weighted by molar-refractivity contribution is -0.146. The van der Waals surface area contributed by atoms with Crippen LogP contribution in [0.15, 0.2) is 22.0 Å². The molecule has 1 aromatic carbocycles. The monoisotopic (exact) mass is 384 g/mol. The molecular formula is C19H24N6O3. The van der Waals surface area contributed by atoms with Crippen LogP contribution in [0.2, 0.25) is 0 Å². The molecule has 0 amide bonds. The van der Waals surface area contributed by atoms with Crippen LogP contribution in [0.5, 0.6) is 0 Å². The number of nitrogens with one attached hydrogen (secondary N) is 1. The van der Waals surface area contributed by atoms with E-state index < -0.39 is 11.5 Å². The van der Waals surface area contributed by atoms with Crippen molar-refractivity contribution in [2.45, 2.75) is 51.0 Å². The molecule has 1 aliphatic carbocycles. The quantitative estimate of drug-likeness (QED) is 0.769. The van der Waals surface area contributed by atoms with E-state index >= 15 is 0 Å². The first-order valence-corrected chi connectivity index (χ1v) is 9.48. The number of ether oxygens (including phenoxy) is 1. The van der Waals surface area contributed by atoms with Gasteiger partial charge in [0.1, 0.15) is 0 Å². The van der Waals surface area contributed by atoms with Crippen LogP contribution in [0.4, 0.5) is 0 Å². The Morgan fingerprint density at radius 1 is 1.36 bits per heavy atom. The molecule has 2 aromatic rings. The van der Waals surface area contributed by atoms with Crippen LogP contribution >= 0.6 is 0 Å². The zero-order valence-electron chi connectivity index (χ0n) is 16.5. The Bertz CT molecular complexity index is 1020. The van der Waals surface area contributed by atoms with Crippen LogP contribution in [0.3, 0.4) is 0 Å². The number of hydrazone groups is 1. The van der Waals surface area contributed by atoms with Gasteiger partial charge in [0.05, 0.1) is 17.7 Å². The van der Waals surface area contributed by atoms with Gasteiger partial charge >= 0.3 is 11.7 Å². The minimum absolute atomic E-state index is 0.285. The Kier molecular flexibility index (Phi) is 4.32. The topological polar surface area (TPSA) is 103 Å². The molecule has 1 fully saturated rings. The first kappa shape index (κ1) is 18.4. The second-order valence-corrected chi connectivity index (χ2v) is 7.62. The van der Waals surface area contributed by atoms with Gasteiger partial charge in [0.25, 0.3) is 0 Å². The molecule has 1 aromatic heterocycles. The molecule has 148 valence electrons. The van der Waals surface area contributed by atoms with Gasteiger partial charge in [-0.2, -0.15) is 14.5 Å². The molecule has 1 N–H and O–H groups in total. The average molecular weight is 384 g/mol.